The second kappa shape index (κ2) is 11.4. The number of quaternary nitrogens is 1. The second-order valence-electron chi connectivity index (χ2n) is 7.89. The third kappa shape index (κ3) is 7.19. The highest BCUT2D eigenvalue weighted by molar-refractivity contribution is 5.93. The zero-order valence-electron chi connectivity index (χ0n) is 18.8. The smallest absolute Gasteiger partial charge is 0.279 e. The van der Waals surface area contributed by atoms with Crippen LogP contribution >= 0.6 is 0 Å². The highest BCUT2D eigenvalue weighted by Crippen LogP contribution is 2.19. The monoisotopic (exact) mass is 411 g/mol. The SMILES string of the molecule is CCN(CCNC(=O)C[NH+](C)CC(=O)Nc1c(C)cccc1C)c1cccc(C)c1. The van der Waals surface area contributed by atoms with Gasteiger partial charge in [0.2, 0.25) is 0 Å². The molecule has 2 aromatic rings. The van der Waals surface area contributed by atoms with Crippen molar-refractivity contribution in [2.24, 2.45) is 0 Å². The number of likely N-dealkylation sites (N-methyl/N-ethyl adjacent to an activating group) is 2. The van der Waals surface area contributed by atoms with Crippen molar-refractivity contribution < 1.29 is 14.5 Å². The van der Waals surface area contributed by atoms with Crippen molar-refractivity contribution >= 4 is 23.2 Å². The lowest BCUT2D eigenvalue weighted by atomic mass is 10.1. The van der Waals surface area contributed by atoms with E-state index in [0.29, 0.717) is 6.54 Å². The average molecular weight is 412 g/mol. The van der Waals surface area contributed by atoms with Gasteiger partial charge in [-0.1, -0.05) is 30.3 Å². The molecule has 1 atom stereocenters. The Hall–Kier alpha value is -2.86. The van der Waals surface area contributed by atoms with E-state index < -0.39 is 0 Å². The molecule has 0 aliphatic carbocycles. The Bertz CT molecular complexity index is 846. The number of anilines is 2. The van der Waals surface area contributed by atoms with Crippen molar-refractivity contribution in [1.82, 2.24) is 5.32 Å². The normalized spacial score (nSPS) is 11.6. The first-order valence-corrected chi connectivity index (χ1v) is 10.6. The molecule has 162 valence electrons. The number of hydrogen-bond acceptors (Lipinski definition) is 3. The van der Waals surface area contributed by atoms with E-state index in [1.807, 2.05) is 45.2 Å². The van der Waals surface area contributed by atoms with E-state index in [9.17, 15) is 9.59 Å². The first kappa shape index (κ1) is 23.4. The minimum absolute atomic E-state index is 0.0485. The number of hydrogen-bond donors (Lipinski definition) is 3. The van der Waals surface area contributed by atoms with Gasteiger partial charge in [-0.05, 0) is 56.5 Å². The van der Waals surface area contributed by atoms with E-state index in [1.165, 1.54) is 5.56 Å². The Kier molecular flexibility index (Phi) is 8.87. The van der Waals surface area contributed by atoms with E-state index in [0.717, 1.165) is 40.5 Å². The Morgan fingerprint density at radius 1 is 0.967 bits per heavy atom. The first-order chi connectivity index (χ1) is 14.3. The lowest BCUT2D eigenvalue weighted by Crippen LogP contribution is -3.11. The number of nitrogens with zero attached hydrogens (tertiary/aromatic N) is 1. The zero-order valence-corrected chi connectivity index (χ0v) is 18.8. The third-order valence-corrected chi connectivity index (χ3v) is 5.12. The molecule has 2 rings (SSSR count). The minimum Gasteiger partial charge on any atom is -0.370 e. The number of para-hydroxylation sites is 1. The number of benzene rings is 2. The molecule has 0 aromatic heterocycles. The first-order valence-electron chi connectivity index (χ1n) is 10.6. The van der Waals surface area contributed by atoms with Crippen LogP contribution in [0.5, 0.6) is 0 Å². The predicted molar refractivity (Wildman–Crippen MR) is 123 cm³/mol. The molecule has 2 amide bonds. The van der Waals surface area contributed by atoms with Crippen LogP contribution in [0.15, 0.2) is 42.5 Å². The van der Waals surface area contributed by atoms with Gasteiger partial charge < -0.3 is 20.4 Å². The van der Waals surface area contributed by atoms with Gasteiger partial charge in [-0.3, -0.25) is 9.59 Å². The van der Waals surface area contributed by atoms with Crippen LogP contribution in [-0.2, 0) is 9.59 Å². The van der Waals surface area contributed by atoms with E-state index in [1.54, 1.807) is 0 Å². The molecule has 0 heterocycles. The molecule has 0 fully saturated rings. The summed E-state index contributed by atoms with van der Waals surface area (Å²) in [5, 5.41) is 5.94. The lowest BCUT2D eigenvalue weighted by Gasteiger charge is -2.23. The van der Waals surface area contributed by atoms with Crippen LogP contribution in [0, 0.1) is 20.8 Å². The molecular weight excluding hydrogens is 376 g/mol. The Balaban J connectivity index is 1.75. The quantitative estimate of drug-likeness (QED) is 0.558. The summed E-state index contributed by atoms with van der Waals surface area (Å²) in [7, 11) is 1.86. The average Bonchev–Trinajstić information content (AvgIpc) is 2.68. The van der Waals surface area contributed by atoms with Crippen LogP contribution in [0.3, 0.4) is 0 Å². The summed E-state index contributed by atoms with van der Waals surface area (Å²) in [4.78, 5) is 27.7. The summed E-state index contributed by atoms with van der Waals surface area (Å²) in [5.41, 5.74) is 5.31. The summed E-state index contributed by atoms with van der Waals surface area (Å²) in [6, 6.07) is 14.3. The van der Waals surface area contributed by atoms with Crippen molar-refractivity contribution in [1.29, 1.82) is 0 Å². The van der Waals surface area contributed by atoms with Crippen LogP contribution < -0.4 is 20.4 Å². The lowest BCUT2D eigenvalue weighted by molar-refractivity contribution is -0.862. The van der Waals surface area contributed by atoms with Gasteiger partial charge in [-0.25, -0.2) is 0 Å². The Morgan fingerprint density at radius 2 is 1.60 bits per heavy atom. The van der Waals surface area contributed by atoms with Crippen LogP contribution in [0.2, 0.25) is 0 Å². The maximum Gasteiger partial charge on any atom is 0.279 e. The summed E-state index contributed by atoms with van der Waals surface area (Å²) in [6.07, 6.45) is 0. The van der Waals surface area contributed by atoms with Crippen LogP contribution in [0.1, 0.15) is 23.6 Å². The molecule has 0 aliphatic rings. The van der Waals surface area contributed by atoms with Crippen LogP contribution in [-0.4, -0.2) is 51.6 Å². The largest absolute Gasteiger partial charge is 0.370 e. The van der Waals surface area contributed by atoms with Gasteiger partial charge in [0, 0.05) is 31.0 Å². The fourth-order valence-corrected chi connectivity index (χ4v) is 3.49. The molecule has 0 radical (unpaired) electrons. The fourth-order valence-electron chi connectivity index (χ4n) is 3.49. The van der Waals surface area contributed by atoms with Crippen molar-refractivity contribution in [3.05, 3.63) is 59.2 Å². The predicted octanol–water partition coefficient (Wildman–Crippen LogP) is 1.71. The van der Waals surface area contributed by atoms with Crippen molar-refractivity contribution in [3.8, 4) is 0 Å². The van der Waals surface area contributed by atoms with Gasteiger partial charge >= 0.3 is 0 Å². The van der Waals surface area contributed by atoms with E-state index in [-0.39, 0.29) is 24.9 Å². The van der Waals surface area contributed by atoms with Gasteiger partial charge in [0.25, 0.3) is 11.8 Å². The number of amides is 2. The van der Waals surface area contributed by atoms with Crippen molar-refractivity contribution in [2.75, 3.05) is 50.0 Å². The van der Waals surface area contributed by atoms with Crippen LogP contribution in [0.25, 0.3) is 0 Å². The maximum atomic E-state index is 12.4. The third-order valence-electron chi connectivity index (χ3n) is 5.12. The number of rotatable bonds is 10. The van der Waals surface area contributed by atoms with Crippen LogP contribution in [0.4, 0.5) is 11.4 Å². The minimum atomic E-state index is -0.0886. The number of carbonyl (C=O) groups is 2. The topological polar surface area (TPSA) is 65.9 Å². The summed E-state index contributed by atoms with van der Waals surface area (Å²) >= 11 is 0. The highest BCUT2D eigenvalue weighted by Gasteiger charge is 2.15. The van der Waals surface area contributed by atoms with Gasteiger partial charge in [-0.15, -0.1) is 0 Å². The number of carbonyl (C=O) groups excluding carboxylic acids is 2. The number of nitrogens with one attached hydrogen (secondary N) is 3. The second-order valence-corrected chi connectivity index (χ2v) is 7.89. The molecule has 30 heavy (non-hydrogen) atoms. The molecule has 1 unspecified atom stereocenters. The molecule has 0 spiro atoms. The van der Waals surface area contributed by atoms with E-state index >= 15 is 0 Å². The molecule has 2 aromatic carbocycles. The highest BCUT2D eigenvalue weighted by atomic mass is 16.2. The molecule has 0 saturated heterocycles. The molecule has 3 N–H and O–H groups in total. The van der Waals surface area contributed by atoms with Crippen molar-refractivity contribution in [3.63, 3.8) is 0 Å². The Labute approximate surface area is 180 Å². The molecule has 6 nitrogen and oxygen atoms in total. The fraction of sp³-hybridized carbons (Fsp3) is 0.417. The van der Waals surface area contributed by atoms with Crippen molar-refractivity contribution in [2.45, 2.75) is 27.7 Å². The van der Waals surface area contributed by atoms with E-state index in [2.05, 4.69) is 47.6 Å². The molecule has 0 aliphatic heterocycles. The molecular formula is C24H35N4O2+. The molecule has 0 bridgehead atoms. The molecule has 6 heteroatoms. The van der Waals surface area contributed by atoms with E-state index in [4.69, 9.17) is 0 Å². The van der Waals surface area contributed by atoms with Gasteiger partial charge in [0.1, 0.15) is 0 Å². The standard InChI is InChI=1S/C24H34N4O2/c1-6-28(21-12-7-9-18(2)15-21)14-13-25-22(29)16-27(5)17-23(30)26-24-19(3)10-8-11-20(24)4/h7-12,15H,6,13-14,16-17H2,1-5H3,(H,25,29)(H,26,30)/p+1. The summed E-state index contributed by atoms with van der Waals surface area (Å²) in [6.45, 7) is 10.8. The van der Waals surface area contributed by atoms with Gasteiger partial charge in [-0.2, -0.15) is 0 Å². The van der Waals surface area contributed by atoms with Gasteiger partial charge in [0.15, 0.2) is 13.1 Å². The van der Waals surface area contributed by atoms with Gasteiger partial charge in [0.05, 0.1) is 7.05 Å². The Morgan fingerprint density at radius 3 is 2.23 bits per heavy atom. The molecule has 0 saturated carbocycles. The summed E-state index contributed by atoms with van der Waals surface area (Å²) < 4.78 is 0. The number of aryl methyl sites for hydroxylation is 3. The zero-order chi connectivity index (χ0) is 22.1. The maximum absolute atomic E-state index is 12.4. The summed E-state index contributed by atoms with van der Waals surface area (Å²) in [5.74, 6) is -0.137.